The zero-order valence-electron chi connectivity index (χ0n) is 10.5. The molecule has 0 heterocycles. The molecule has 0 atom stereocenters. The first-order valence-corrected chi connectivity index (χ1v) is 6.48. The lowest BCUT2D eigenvalue weighted by Gasteiger charge is -2.12. The fourth-order valence-corrected chi connectivity index (χ4v) is 1.99. The van der Waals surface area contributed by atoms with E-state index in [1.165, 1.54) is 19.3 Å². The number of carbonyl (C=O) groups excluding carboxylic acids is 1. The smallest absolute Gasteiger partial charge is 0.259 e. The van der Waals surface area contributed by atoms with Crippen LogP contribution >= 0.6 is 0 Å². The minimum atomic E-state index is -0.100. The number of hydrogen-bond acceptors (Lipinski definition) is 3. The Morgan fingerprint density at radius 3 is 2.56 bits per heavy atom. The molecule has 96 valence electrons. The van der Waals surface area contributed by atoms with Crippen molar-refractivity contribution in [2.45, 2.75) is 32.1 Å². The monoisotopic (exact) mass is 245 g/mol. The van der Waals surface area contributed by atoms with Gasteiger partial charge < -0.3 is 5.32 Å². The minimum Gasteiger partial charge on any atom is -0.376 e. The highest BCUT2D eigenvalue weighted by Gasteiger charge is 2.07. The maximum atomic E-state index is 11.6. The van der Waals surface area contributed by atoms with Crippen LogP contribution in [0.2, 0.25) is 0 Å². The number of anilines is 1. The van der Waals surface area contributed by atoms with E-state index in [1.807, 2.05) is 30.3 Å². The van der Waals surface area contributed by atoms with E-state index in [1.54, 1.807) is 0 Å². The molecule has 1 fully saturated rings. The Labute approximate surface area is 107 Å². The maximum absolute atomic E-state index is 11.6. The molecule has 18 heavy (non-hydrogen) atoms. The standard InChI is InChI=1S/C14H19N3O/c18-14(11-15-12-7-3-1-4-8-12)17-16-13-9-5-2-6-10-13/h1,3-4,7-8,15H,2,5-6,9-11H2,(H,17,18). The number of para-hydroxylation sites is 1. The van der Waals surface area contributed by atoms with Crippen molar-refractivity contribution in [2.75, 3.05) is 11.9 Å². The van der Waals surface area contributed by atoms with E-state index in [0.717, 1.165) is 24.2 Å². The highest BCUT2D eigenvalue weighted by atomic mass is 16.2. The van der Waals surface area contributed by atoms with Gasteiger partial charge in [-0.25, -0.2) is 5.43 Å². The van der Waals surface area contributed by atoms with Gasteiger partial charge in [0.25, 0.3) is 5.91 Å². The van der Waals surface area contributed by atoms with E-state index in [-0.39, 0.29) is 12.5 Å². The van der Waals surface area contributed by atoms with Crippen LogP contribution in [0.4, 0.5) is 5.69 Å². The summed E-state index contributed by atoms with van der Waals surface area (Å²) in [5.74, 6) is -0.100. The fourth-order valence-electron chi connectivity index (χ4n) is 1.99. The number of nitrogens with one attached hydrogen (secondary N) is 2. The Morgan fingerprint density at radius 2 is 1.83 bits per heavy atom. The summed E-state index contributed by atoms with van der Waals surface area (Å²) in [7, 11) is 0. The first kappa shape index (κ1) is 12.6. The van der Waals surface area contributed by atoms with Crippen molar-refractivity contribution in [1.82, 2.24) is 5.43 Å². The zero-order valence-corrected chi connectivity index (χ0v) is 10.5. The van der Waals surface area contributed by atoms with Gasteiger partial charge in [-0.1, -0.05) is 24.6 Å². The second kappa shape index (κ2) is 6.79. The molecule has 0 unspecified atom stereocenters. The lowest BCUT2D eigenvalue weighted by Crippen LogP contribution is -2.27. The minimum absolute atomic E-state index is 0.100. The van der Waals surface area contributed by atoms with E-state index in [0.29, 0.717) is 0 Å². The van der Waals surface area contributed by atoms with Crippen LogP contribution in [0.25, 0.3) is 0 Å². The quantitative estimate of drug-likeness (QED) is 0.801. The average molecular weight is 245 g/mol. The van der Waals surface area contributed by atoms with Crippen LogP contribution in [0.1, 0.15) is 32.1 Å². The van der Waals surface area contributed by atoms with E-state index in [4.69, 9.17) is 0 Å². The zero-order chi connectivity index (χ0) is 12.6. The second-order valence-electron chi connectivity index (χ2n) is 4.49. The van der Waals surface area contributed by atoms with E-state index in [9.17, 15) is 4.79 Å². The van der Waals surface area contributed by atoms with Crippen LogP contribution in [-0.2, 0) is 4.79 Å². The molecule has 0 saturated heterocycles. The highest BCUT2D eigenvalue weighted by Crippen LogP contribution is 2.14. The molecule has 0 bridgehead atoms. The predicted octanol–water partition coefficient (Wildman–Crippen LogP) is 2.53. The van der Waals surface area contributed by atoms with Crippen molar-refractivity contribution in [1.29, 1.82) is 0 Å². The Kier molecular flexibility index (Phi) is 4.76. The Morgan fingerprint density at radius 1 is 1.11 bits per heavy atom. The fraction of sp³-hybridized carbons (Fsp3) is 0.429. The number of carbonyl (C=O) groups is 1. The van der Waals surface area contributed by atoms with Gasteiger partial charge in [0.15, 0.2) is 0 Å². The molecule has 1 aromatic carbocycles. The first-order valence-electron chi connectivity index (χ1n) is 6.48. The largest absolute Gasteiger partial charge is 0.376 e. The summed E-state index contributed by atoms with van der Waals surface area (Å²) in [6, 6.07) is 9.67. The first-order chi connectivity index (χ1) is 8.84. The van der Waals surface area contributed by atoms with Crippen molar-refractivity contribution in [3.63, 3.8) is 0 Å². The summed E-state index contributed by atoms with van der Waals surface area (Å²) in [4.78, 5) is 11.6. The number of hydrazone groups is 1. The molecule has 4 heteroatoms. The van der Waals surface area contributed by atoms with Crippen molar-refractivity contribution in [2.24, 2.45) is 5.10 Å². The van der Waals surface area contributed by atoms with Gasteiger partial charge in [0, 0.05) is 11.4 Å². The van der Waals surface area contributed by atoms with Crippen molar-refractivity contribution in [3.8, 4) is 0 Å². The van der Waals surface area contributed by atoms with Crippen molar-refractivity contribution >= 4 is 17.3 Å². The van der Waals surface area contributed by atoms with Gasteiger partial charge in [-0.2, -0.15) is 5.10 Å². The number of amides is 1. The van der Waals surface area contributed by atoms with Crippen LogP contribution in [0, 0.1) is 0 Å². The van der Waals surface area contributed by atoms with Crippen LogP contribution in [0.3, 0.4) is 0 Å². The van der Waals surface area contributed by atoms with Gasteiger partial charge in [-0.05, 0) is 37.8 Å². The summed E-state index contributed by atoms with van der Waals surface area (Å²) < 4.78 is 0. The van der Waals surface area contributed by atoms with Gasteiger partial charge >= 0.3 is 0 Å². The number of hydrogen-bond donors (Lipinski definition) is 2. The van der Waals surface area contributed by atoms with Crippen molar-refractivity contribution < 1.29 is 4.79 Å². The molecular formula is C14H19N3O. The summed E-state index contributed by atoms with van der Waals surface area (Å²) in [6.45, 7) is 0.251. The van der Waals surface area contributed by atoms with Gasteiger partial charge in [-0.15, -0.1) is 0 Å². The molecule has 1 aliphatic rings. The van der Waals surface area contributed by atoms with Gasteiger partial charge in [0.2, 0.25) is 0 Å². The molecule has 0 spiro atoms. The Hall–Kier alpha value is -1.84. The average Bonchev–Trinajstić information content (AvgIpc) is 2.45. The maximum Gasteiger partial charge on any atom is 0.259 e. The van der Waals surface area contributed by atoms with E-state index >= 15 is 0 Å². The molecular weight excluding hydrogens is 226 g/mol. The summed E-state index contributed by atoms with van der Waals surface area (Å²) in [5, 5.41) is 7.22. The molecule has 1 aromatic rings. The third-order valence-electron chi connectivity index (χ3n) is 3.00. The summed E-state index contributed by atoms with van der Waals surface area (Å²) >= 11 is 0. The molecule has 1 aliphatic carbocycles. The summed E-state index contributed by atoms with van der Waals surface area (Å²) in [6.07, 6.45) is 5.70. The number of rotatable bonds is 4. The third-order valence-corrected chi connectivity index (χ3v) is 3.00. The predicted molar refractivity (Wildman–Crippen MR) is 73.6 cm³/mol. The molecule has 1 saturated carbocycles. The molecule has 0 radical (unpaired) electrons. The normalized spacial score (nSPS) is 15.0. The van der Waals surface area contributed by atoms with E-state index < -0.39 is 0 Å². The van der Waals surface area contributed by atoms with Crippen molar-refractivity contribution in [3.05, 3.63) is 30.3 Å². The van der Waals surface area contributed by atoms with Crippen LogP contribution in [-0.4, -0.2) is 18.2 Å². The van der Waals surface area contributed by atoms with Crippen LogP contribution in [0.5, 0.6) is 0 Å². The van der Waals surface area contributed by atoms with E-state index in [2.05, 4.69) is 15.8 Å². The molecule has 2 rings (SSSR count). The van der Waals surface area contributed by atoms with Crippen LogP contribution in [0.15, 0.2) is 35.4 Å². The highest BCUT2D eigenvalue weighted by molar-refractivity contribution is 5.87. The molecule has 4 nitrogen and oxygen atoms in total. The topological polar surface area (TPSA) is 53.5 Å². The molecule has 0 aliphatic heterocycles. The number of nitrogens with zero attached hydrogens (tertiary/aromatic N) is 1. The Bertz CT molecular complexity index is 406. The number of benzene rings is 1. The summed E-state index contributed by atoms with van der Waals surface area (Å²) in [5.41, 5.74) is 4.67. The Balaban J connectivity index is 1.72. The lowest BCUT2D eigenvalue weighted by molar-refractivity contribution is -0.119. The molecule has 2 N–H and O–H groups in total. The van der Waals surface area contributed by atoms with Crippen LogP contribution < -0.4 is 10.7 Å². The van der Waals surface area contributed by atoms with Gasteiger partial charge in [0.1, 0.15) is 0 Å². The SMILES string of the molecule is O=C(CNc1ccccc1)NN=C1CCCCC1. The molecule has 0 aromatic heterocycles. The van der Waals surface area contributed by atoms with Gasteiger partial charge in [-0.3, -0.25) is 4.79 Å². The lowest BCUT2D eigenvalue weighted by atomic mass is 9.99. The van der Waals surface area contributed by atoms with Gasteiger partial charge in [0.05, 0.1) is 6.54 Å². The second-order valence-corrected chi connectivity index (χ2v) is 4.49. The molecule has 1 amide bonds. The third kappa shape index (κ3) is 4.20.